The van der Waals surface area contributed by atoms with E-state index in [-0.39, 0.29) is 5.91 Å². The smallest absolute Gasteiger partial charge is 0.330 e. The van der Waals surface area contributed by atoms with Gasteiger partial charge in [-0.15, -0.1) is 0 Å². The van der Waals surface area contributed by atoms with Crippen molar-refractivity contribution >= 4 is 12.0 Å². The van der Waals surface area contributed by atoms with E-state index in [2.05, 4.69) is 19.2 Å². The van der Waals surface area contributed by atoms with Crippen LogP contribution in [0.1, 0.15) is 32.3 Å². The highest BCUT2D eigenvalue weighted by Gasteiger charge is 2.04. The Morgan fingerprint density at radius 2 is 2.00 bits per heavy atom. The molecule has 1 N–H and O–H groups in total. The van der Waals surface area contributed by atoms with Gasteiger partial charge in [0.05, 0.1) is 5.56 Å². The fourth-order valence-electron chi connectivity index (χ4n) is 1.90. The number of nitrogens with zero attached hydrogens (tertiary/aromatic N) is 2. The normalized spacial score (nSPS) is 11.3. The minimum absolute atomic E-state index is 0.241. The summed E-state index contributed by atoms with van der Waals surface area (Å²) in [6, 6.07) is 0. The molecule has 0 spiro atoms. The van der Waals surface area contributed by atoms with Gasteiger partial charge in [-0.1, -0.05) is 13.8 Å². The third-order valence-electron chi connectivity index (χ3n) is 3.14. The van der Waals surface area contributed by atoms with E-state index >= 15 is 0 Å². The quantitative estimate of drug-likeness (QED) is 0.618. The van der Waals surface area contributed by atoms with E-state index in [1.54, 1.807) is 7.05 Å². The molecule has 0 saturated carbocycles. The van der Waals surface area contributed by atoms with Crippen molar-refractivity contribution in [2.24, 2.45) is 20.0 Å². The van der Waals surface area contributed by atoms with Crippen LogP contribution in [0.25, 0.3) is 6.08 Å². The predicted octanol–water partition coefficient (Wildman–Crippen LogP) is 0.650. The van der Waals surface area contributed by atoms with E-state index < -0.39 is 11.2 Å². The molecule has 0 aliphatic heterocycles. The van der Waals surface area contributed by atoms with Crippen LogP contribution in [0.2, 0.25) is 0 Å². The molecule has 6 heteroatoms. The number of rotatable bonds is 6. The first-order chi connectivity index (χ1) is 9.82. The van der Waals surface area contributed by atoms with Gasteiger partial charge in [0, 0.05) is 32.9 Å². The minimum Gasteiger partial charge on any atom is -0.353 e. The van der Waals surface area contributed by atoms with Gasteiger partial charge in [0.2, 0.25) is 5.91 Å². The van der Waals surface area contributed by atoms with Crippen molar-refractivity contribution in [2.75, 3.05) is 6.54 Å². The van der Waals surface area contributed by atoms with Crippen LogP contribution in [0, 0.1) is 5.92 Å². The number of aromatic nitrogens is 2. The van der Waals surface area contributed by atoms with E-state index in [0.29, 0.717) is 18.0 Å². The highest BCUT2D eigenvalue weighted by Crippen LogP contribution is 2.01. The van der Waals surface area contributed by atoms with Gasteiger partial charge < -0.3 is 9.88 Å². The number of amides is 1. The summed E-state index contributed by atoms with van der Waals surface area (Å²) in [6.07, 6.45) is 6.16. The van der Waals surface area contributed by atoms with Crippen LogP contribution in [-0.2, 0) is 18.9 Å². The van der Waals surface area contributed by atoms with Crippen molar-refractivity contribution in [1.82, 2.24) is 14.5 Å². The lowest BCUT2D eigenvalue weighted by Crippen LogP contribution is -2.37. The third kappa shape index (κ3) is 5.06. The predicted molar refractivity (Wildman–Crippen MR) is 83.0 cm³/mol. The molecule has 0 bridgehead atoms. The maximum Gasteiger partial charge on any atom is 0.330 e. The van der Waals surface area contributed by atoms with Crippen LogP contribution in [-0.4, -0.2) is 21.6 Å². The molecule has 1 heterocycles. The molecule has 0 saturated heterocycles. The Kier molecular flexibility index (Phi) is 6.14. The second kappa shape index (κ2) is 7.61. The molecular weight excluding hydrogens is 270 g/mol. The molecule has 0 aliphatic rings. The molecule has 1 aromatic rings. The largest absolute Gasteiger partial charge is 0.353 e. The zero-order valence-electron chi connectivity index (χ0n) is 13.0. The first kappa shape index (κ1) is 16.9. The van der Waals surface area contributed by atoms with Crippen LogP contribution >= 0.6 is 0 Å². The van der Waals surface area contributed by atoms with Crippen LogP contribution in [0.4, 0.5) is 0 Å². The molecule has 1 rings (SSSR count). The van der Waals surface area contributed by atoms with Gasteiger partial charge in [-0.05, 0) is 24.8 Å². The lowest BCUT2D eigenvalue weighted by Gasteiger charge is -2.05. The lowest BCUT2D eigenvalue weighted by atomic mass is 10.1. The molecule has 1 amide bonds. The maximum absolute atomic E-state index is 11.9. The summed E-state index contributed by atoms with van der Waals surface area (Å²) >= 11 is 0. The van der Waals surface area contributed by atoms with Gasteiger partial charge in [0.1, 0.15) is 0 Å². The summed E-state index contributed by atoms with van der Waals surface area (Å²) in [5.74, 6) is 0.376. The number of carbonyl (C=O) groups is 1. The second-order valence-corrected chi connectivity index (χ2v) is 5.50. The summed E-state index contributed by atoms with van der Waals surface area (Å²) in [5.41, 5.74) is -0.505. The van der Waals surface area contributed by atoms with Gasteiger partial charge in [-0.25, -0.2) is 4.79 Å². The van der Waals surface area contributed by atoms with Gasteiger partial charge >= 0.3 is 5.69 Å². The average Bonchev–Trinajstić information content (AvgIpc) is 2.43. The number of nitrogens with one attached hydrogen (secondary N) is 1. The first-order valence-electron chi connectivity index (χ1n) is 7.05. The summed E-state index contributed by atoms with van der Waals surface area (Å²) in [7, 11) is 2.97. The van der Waals surface area contributed by atoms with Crippen molar-refractivity contribution in [3.63, 3.8) is 0 Å². The fraction of sp³-hybridized carbons (Fsp3) is 0.533. The molecule has 116 valence electrons. The van der Waals surface area contributed by atoms with Crippen molar-refractivity contribution in [3.8, 4) is 0 Å². The molecule has 0 atom stereocenters. The highest BCUT2D eigenvalue weighted by molar-refractivity contribution is 5.91. The summed E-state index contributed by atoms with van der Waals surface area (Å²) in [5, 5.41) is 2.77. The highest BCUT2D eigenvalue weighted by atomic mass is 16.2. The Bertz CT molecular complexity index is 639. The van der Waals surface area contributed by atoms with E-state index in [1.807, 2.05) is 0 Å². The summed E-state index contributed by atoms with van der Waals surface area (Å²) in [4.78, 5) is 35.0. The van der Waals surface area contributed by atoms with E-state index in [0.717, 1.165) is 17.4 Å². The first-order valence-corrected chi connectivity index (χ1v) is 7.05. The van der Waals surface area contributed by atoms with Crippen LogP contribution < -0.4 is 16.6 Å². The molecule has 0 radical (unpaired) electrons. The van der Waals surface area contributed by atoms with Gasteiger partial charge in [0.15, 0.2) is 0 Å². The van der Waals surface area contributed by atoms with Crippen LogP contribution in [0.5, 0.6) is 0 Å². The van der Waals surface area contributed by atoms with Gasteiger partial charge in [-0.2, -0.15) is 0 Å². The Labute approximate surface area is 124 Å². The number of aryl methyl sites for hydroxylation is 1. The Balaban J connectivity index is 2.67. The molecule has 21 heavy (non-hydrogen) atoms. The molecule has 0 unspecified atom stereocenters. The Morgan fingerprint density at radius 1 is 1.33 bits per heavy atom. The molecule has 6 nitrogen and oxygen atoms in total. The van der Waals surface area contributed by atoms with Crippen LogP contribution in [0.15, 0.2) is 21.9 Å². The monoisotopic (exact) mass is 293 g/mol. The number of carbonyl (C=O) groups excluding carboxylic acids is 1. The lowest BCUT2D eigenvalue weighted by molar-refractivity contribution is -0.116. The van der Waals surface area contributed by atoms with Gasteiger partial charge in [0.25, 0.3) is 5.56 Å². The van der Waals surface area contributed by atoms with E-state index in [4.69, 9.17) is 0 Å². The van der Waals surface area contributed by atoms with Crippen molar-refractivity contribution < 1.29 is 4.79 Å². The molecule has 0 fully saturated rings. The molecular formula is C15H23N3O3. The summed E-state index contributed by atoms with van der Waals surface area (Å²) in [6.45, 7) is 4.89. The number of hydrogen-bond acceptors (Lipinski definition) is 3. The van der Waals surface area contributed by atoms with Crippen LogP contribution in [0.3, 0.4) is 0 Å². The molecule has 0 aromatic carbocycles. The van der Waals surface area contributed by atoms with Crippen molar-refractivity contribution in [3.05, 3.63) is 38.7 Å². The average molecular weight is 293 g/mol. The second-order valence-electron chi connectivity index (χ2n) is 5.50. The third-order valence-corrected chi connectivity index (χ3v) is 3.14. The standard InChI is InChI=1S/C15H23N3O3/c1-11(2)6-5-9-16-13(19)8-7-12-10-17(3)15(21)18(4)14(12)20/h7-8,10-11H,5-6,9H2,1-4H3,(H,16,19)/b8-7+. The zero-order valence-corrected chi connectivity index (χ0v) is 13.0. The van der Waals surface area contributed by atoms with E-state index in [1.165, 1.54) is 30.0 Å². The molecule has 1 aromatic heterocycles. The zero-order chi connectivity index (χ0) is 16.0. The topological polar surface area (TPSA) is 73.1 Å². The van der Waals surface area contributed by atoms with Crippen molar-refractivity contribution in [1.29, 1.82) is 0 Å². The molecule has 0 aliphatic carbocycles. The summed E-state index contributed by atoms with van der Waals surface area (Å²) < 4.78 is 2.32. The number of hydrogen-bond donors (Lipinski definition) is 1. The van der Waals surface area contributed by atoms with E-state index in [9.17, 15) is 14.4 Å². The van der Waals surface area contributed by atoms with Crippen molar-refractivity contribution in [2.45, 2.75) is 26.7 Å². The Morgan fingerprint density at radius 3 is 2.62 bits per heavy atom. The minimum atomic E-state index is -0.415. The fourth-order valence-corrected chi connectivity index (χ4v) is 1.90. The SMILES string of the molecule is CC(C)CCCNC(=O)/C=C/c1cn(C)c(=O)n(C)c1=O. The maximum atomic E-state index is 11.9. The van der Waals surface area contributed by atoms with Gasteiger partial charge in [-0.3, -0.25) is 14.2 Å². The Hall–Kier alpha value is -2.11.